The van der Waals surface area contributed by atoms with Crippen molar-refractivity contribution in [1.82, 2.24) is 10.2 Å². The third kappa shape index (κ3) is 4.30. The average molecular weight is 297 g/mol. The molecule has 5 heteroatoms. The lowest BCUT2D eigenvalue weighted by Gasteiger charge is -2.34. The molecule has 4 nitrogen and oxygen atoms in total. The second-order valence-electron chi connectivity index (χ2n) is 5.00. The molecule has 3 N–H and O–H groups in total. The number of nitrogens with zero attached hydrogens (tertiary/aromatic N) is 1. The van der Waals surface area contributed by atoms with Crippen molar-refractivity contribution in [2.45, 2.75) is 46.2 Å². The lowest BCUT2D eigenvalue weighted by molar-refractivity contribution is -0.122. The number of nitrogens with one attached hydrogen (secondary N) is 1. The van der Waals surface area contributed by atoms with Crippen LogP contribution in [0.3, 0.4) is 0 Å². The van der Waals surface area contributed by atoms with E-state index in [1.54, 1.807) is 11.3 Å². The van der Waals surface area contributed by atoms with Crippen LogP contribution >= 0.6 is 11.3 Å². The number of aryl methyl sites for hydroxylation is 1. The molecule has 0 aliphatic carbocycles. The van der Waals surface area contributed by atoms with Gasteiger partial charge in [-0.05, 0) is 43.8 Å². The van der Waals surface area contributed by atoms with Crippen LogP contribution in [-0.2, 0) is 4.79 Å². The number of amides is 1. The molecule has 20 heavy (non-hydrogen) atoms. The normalized spacial score (nSPS) is 14.3. The fraction of sp³-hybridized carbons (Fsp3) is 0.667. The van der Waals surface area contributed by atoms with Crippen LogP contribution < -0.4 is 11.1 Å². The van der Waals surface area contributed by atoms with Crippen LogP contribution in [0.5, 0.6) is 0 Å². The maximum Gasteiger partial charge on any atom is 0.234 e. The smallest absolute Gasteiger partial charge is 0.234 e. The molecule has 0 bridgehead atoms. The molecule has 1 aromatic rings. The largest absolute Gasteiger partial charge is 0.355 e. The summed E-state index contributed by atoms with van der Waals surface area (Å²) in [5.41, 5.74) is 7.60. The number of carbonyl (C=O) groups is 1. The highest BCUT2D eigenvalue weighted by molar-refractivity contribution is 7.10. The molecular formula is C15H27N3OS. The number of hydrogen-bond donors (Lipinski definition) is 2. The molecule has 2 unspecified atom stereocenters. The Morgan fingerprint density at radius 2 is 2.15 bits per heavy atom. The molecule has 0 radical (unpaired) electrons. The van der Waals surface area contributed by atoms with Gasteiger partial charge in [-0.2, -0.15) is 0 Å². The van der Waals surface area contributed by atoms with Gasteiger partial charge in [-0.1, -0.05) is 13.8 Å². The van der Waals surface area contributed by atoms with Gasteiger partial charge in [0.2, 0.25) is 5.91 Å². The topological polar surface area (TPSA) is 58.4 Å². The summed E-state index contributed by atoms with van der Waals surface area (Å²) in [6, 6.07) is 2.28. The number of likely N-dealkylation sites (N-methyl/N-ethyl adjacent to an activating group) is 2. The highest BCUT2D eigenvalue weighted by Crippen LogP contribution is 2.31. The molecule has 0 aliphatic rings. The summed E-state index contributed by atoms with van der Waals surface area (Å²) in [5, 5.41) is 4.96. The average Bonchev–Trinajstić information content (AvgIpc) is 2.84. The van der Waals surface area contributed by atoms with Gasteiger partial charge in [0.1, 0.15) is 0 Å². The first-order chi connectivity index (χ1) is 9.54. The second kappa shape index (κ2) is 8.39. The van der Waals surface area contributed by atoms with Crippen molar-refractivity contribution in [2.75, 3.05) is 19.6 Å². The highest BCUT2D eigenvalue weighted by atomic mass is 32.1. The molecule has 0 aliphatic heterocycles. The first-order valence-electron chi connectivity index (χ1n) is 7.35. The lowest BCUT2D eigenvalue weighted by atomic mass is 10.0. The van der Waals surface area contributed by atoms with Gasteiger partial charge in [-0.15, -0.1) is 11.3 Å². The quantitative estimate of drug-likeness (QED) is 0.774. The third-order valence-corrected chi connectivity index (χ3v) is 4.66. The van der Waals surface area contributed by atoms with E-state index in [4.69, 9.17) is 5.73 Å². The molecule has 1 amide bonds. The van der Waals surface area contributed by atoms with Crippen LogP contribution in [0.15, 0.2) is 11.4 Å². The summed E-state index contributed by atoms with van der Waals surface area (Å²) in [5.74, 6) is 0.0665. The van der Waals surface area contributed by atoms with E-state index < -0.39 is 0 Å². The SMILES string of the molecule is CCNC(=O)CN(CC)C(c1sccc1C)C(N)CC. The molecule has 0 saturated heterocycles. The molecule has 114 valence electrons. The molecule has 0 spiro atoms. The zero-order valence-electron chi connectivity index (χ0n) is 13.0. The van der Waals surface area contributed by atoms with Crippen molar-refractivity contribution in [3.63, 3.8) is 0 Å². The van der Waals surface area contributed by atoms with Crippen LogP contribution in [0.25, 0.3) is 0 Å². The van der Waals surface area contributed by atoms with E-state index in [2.05, 4.69) is 42.4 Å². The van der Waals surface area contributed by atoms with Gasteiger partial charge < -0.3 is 11.1 Å². The minimum absolute atomic E-state index is 0.0433. The Bertz CT molecular complexity index is 419. The Labute approximate surface area is 126 Å². The standard InChI is InChI=1S/C15H27N3OS/c1-5-12(16)14(15-11(4)8-9-20-15)18(7-3)10-13(19)17-6-2/h8-9,12,14H,5-7,10,16H2,1-4H3,(H,17,19). The van der Waals surface area contributed by atoms with Crippen molar-refractivity contribution >= 4 is 17.2 Å². The van der Waals surface area contributed by atoms with Gasteiger partial charge in [0.15, 0.2) is 0 Å². The van der Waals surface area contributed by atoms with Gasteiger partial charge >= 0.3 is 0 Å². The van der Waals surface area contributed by atoms with Gasteiger partial charge in [-0.3, -0.25) is 9.69 Å². The zero-order valence-corrected chi connectivity index (χ0v) is 13.8. The molecule has 0 fully saturated rings. The molecule has 1 rings (SSSR count). The maximum absolute atomic E-state index is 11.9. The summed E-state index contributed by atoms with van der Waals surface area (Å²) in [4.78, 5) is 15.4. The van der Waals surface area contributed by atoms with Crippen LogP contribution in [0.4, 0.5) is 0 Å². The first-order valence-corrected chi connectivity index (χ1v) is 8.23. The van der Waals surface area contributed by atoms with Crippen molar-refractivity contribution in [3.8, 4) is 0 Å². The van der Waals surface area contributed by atoms with Crippen LogP contribution in [0, 0.1) is 6.92 Å². The Morgan fingerprint density at radius 3 is 2.60 bits per heavy atom. The molecule has 0 aromatic carbocycles. The summed E-state index contributed by atoms with van der Waals surface area (Å²) >= 11 is 1.73. The van der Waals surface area contributed by atoms with Crippen molar-refractivity contribution in [1.29, 1.82) is 0 Å². The molecule has 2 atom stereocenters. The van der Waals surface area contributed by atoms with Gasteiger partial charge in [-0.25, -0.2) is 0 Å². The molecular weight excluding hydrogens is 270 g/mol. The fourth-order valence-corrected chi connectivity index (χ4v) is 3.52. The van der Waals surface area contributed by atoms with Crippen LogP contribution in [-0.4, -0.2) is 36.5 Å². The summed E-state index contributed by atoms with van der Waals surface area (Å²) in [6.07, 6.45) is 0.897. The van der Waals surface area contributed by atoms with E-state index in [0.717, 1.165) is 13.0 Å². The first kappa shape index (κ1) is 17.1. The molecule has 0 saturated carbocycles. The van der Waals surface area contributed by atoms with E-state index in [0.29, 0.717) is 13.1 Å². The van der Waals surface area contributed by atoms with Gasteiger partial charge in [0.25, 0.3) is 0 Å². The molecule has 1 aromatic heterocycles. The van der Waals surface area contributed by atoms with Gasteiger partial charge in [0, 0.05) is 17.5 Å². The fourth-order valence-electron chi connectivity index (χ4n) is 2.39. The Balaban J connectivity index is 2.96. The number of carbonyl (C=O) groups excluding carboxylic acids is 1. The van der Waals surface area contributed by atoms with Crippen molar-refractivity contribution < 1.29 is 4.79 Å². The van der Waals surface area contributed by atoms with Crippen molar-refractivity contribution in [2.24, 2.45) is 5.73 Å². The Morgan fingerprint density at radius 1 is 1.45 bits per heavy atom. The minimum atomic E-state index is 0.0433. The monoisotopic (exact) mass is 297 g/mol. The highest BCUT2D eigenvalue weighted by Gasteiger charge is 2.28. The number of rotatable bonds is 8. The van der Waals surface area contributed by atoms with E-state index in [1.165, 1.54) is 10.4 Å². The number of hydrogen-bond acceptors (Lipinski definition) is 4. The Kier molecular flexibility index (Phi) is 7.19. The van der Waals surface area contributed by atoms with Gasteiger partial charge in [0.05, 0.1) is 12.6 Å². The van der Waals surface area contributed by atoms with Crippen molar-refractivity contribution in [3.05, 3.63) is 21.9 Å². The summed E-state index contributed by atoms with van der Waals surface area (Å²) in [7, 11) is 0. The second-order valence-corrected chi connectivity index (χ2v) is 5.95. The predicted molar refractivity (Wildman–Crippen MR) is 86.0 cm³/mol. The summed E-state index contributed by atoms with van der Waals surface area (Å²) in [6.45, 7) is 10.1. The Hall–Kier alpha value is -0.910. The van der Waals surface area contributed by atoms with Crippen LogP contribution in [0.2, 0.25) is 0 Å². The number of thiophene rings is 1. The van der Waals surface area contributed by atoms with E-state index in [-0.39, 0.29) is 18.0 Å². The minimum Gasteiger partial charge on any atom is -0.355 e. The van der Waals surface area contributed by atoms with E-state index in [1.807, 2.05) is 6.92 Å². The van der Waals surface area contributed by atoms with Crippen LogP contribution in [0.1, 0.15) is 43.7 Å². The third-order valence-electron chi connectivity index (χ3n) is 3.57. The molecule has 1 heterocycles. The summed E-state index contributed by atoms with van der Waals surface area (Å²) < 4.78 is 0. The van der Waals surface area contributed by atoms with E-state index >= 15 is 0 Å². The number of nitrogens with two attached hydrogens (primary N) is 1. The lowest BCUT2D eigenvalue weighted by Crippen LogP contribution is -2.45. The maximum atomic E-state index is 11.9. The van der Waals surface area contributed by atoms with E-state index in [9.17, 15) is 4.79 Å². The zero-order chi connectivity index (χ0) is 15.1. The predicted octanol–water partition coefficient (Wildman–Crippen LogP) is 2.29.